The number of hydrogen-bond acceptors (Lipinski definition) is 4. The van der Waals surface area contributed by atoms with E-state index in [2.05, 4.69) is 15.7 Å². The molecular weight excluding hydrogens is 298 g/mol. The second-order valence-corrected chi connectivity index (χ2v) is 6.41. The van der Waals surface area contributed by atoms with E-state index < -0.39 is 17.5 Å². The number of aromatic nitrogens is 2. The minimum absolute atomic E-state index is 0.0961. The Morgan fingerprint density at radius 2 is 2.09 bits per heavy atom. The van der Waals surface area contributed by atoms with Crippen molar-refractivity contribution in [2.24, 2.45) is 0 Å². The van der Waals surface area contributed by atoms with Crippen LogP contribution in [0.2, 0.25) is 0 Å². The van der Waals surface area contributed by atoms with E-state index in [0.29, 0.717) is 18.7 Å². The van der Waals surface area contributed by atoms with Crippen LogP contribution in [-0.4, -0.2) is 44.6 Å². The first-order valence-corrected chi connectivity index (χ1v) is 7.90. The van der Waals surface area contributed by atoms with Crippen molar-refractivity contribution < 1.29 is 14.4 Å². The van der Waals surface area contributed by atoms with E-state index in [1.54, 1.807) is 16.9 Å². The lowest BCUT2D eigenvalue weighted by atomic mass is 9.98. The highest BCUT2D eigenvalue weighted by atomic mass is 16.2. The van der Waals surface area contributed by atoms with Gasteiger partial charge in [-0.3, -0.25) is 14.5 Å². The number of nitrogens with one attached hydrogen (secondary N) is 2. The van der Waals surface area contributed by atoms with Crippen LogP contribution in [0, 0.1) is 0 Å². The number of amides is 4. The largest absolute Gasteiger partial charge is 0.325 e. The standard InChI is InChI=1S/C15H21N5O3/c1-10(2)20-11(5-8-16-20)17-12(21)9-19-13(22)15(18-14(19)23)6-3-4-7-15/h5,8,10H,3-4,6-7,9H2,1-2H3,(H,17,21)(H,18,23). The summed E-state index contributed by atoms with van der Waals surface area (Å²) in [6, 6.07) is 1.30. The van der Waals surface area contributed by atoms with Crippen LogP contribution in [0.3, 0.4) is 0 Å². The number of rotatable bonds is 4. The SMILES string of the molecule is CC(C)n1nccc1NC(=O)CN1C(=O)NC2(CCCC2)C1=O. The fourth-order valence-electron chi connectivity index (χ4n) is 3.29. The highest BCUT2D eigenvalue weighted by Crippen LogP contribution is 2.34. The average molecular weight is 319 g/mol. The van der Waals surface area contributed by atoms with E-state index in [4.69, 9.17) is 0 Å². The molecule has 0 bridgehead atoms. The number of anilines is 1. The Bertz CT molecular complexity index is 645. The van der Waals surface area contributed by atoms with Crippen LogP contribution in [0.4, 0.5) is 10.6 Å². The molecule has 2 heterocycles. The molecule has 0 aromatic carbocycles. The van der Waals surface area contributed by atoms with Gasteiger partial charge in [-0.05, 0) is 26.7 Å². The van der Waals surface area contributed by atoms with E-state index in [1.165, 1.54) is 0 Å². The highest BCUT2D eigenvalue weighted by Gasteiger charge is 2.52. The zero-order valence-electron chi connectivity index (χ0n) is 13.3. The van der Waals surface area contributed by atoms with Crippen molar-refractivity contribution in [3.05, 3.63) is 12.3 Å². The normalized spacial score (nSPS) is 19.7. The molecule has 1 aromatic rings. The summed E-state index contributed by atoms with van der Waals surface area (Å²) < 4.78 is 1.67. The maximum absolute atomic E-state index is 12.5. The van der Waals surface area contributed by atoms with Crippen LogP contribution in [0.1, 0.15) is 45.6 Å². The highest BCUT2D eigenvalue weighted by molar-refractivity contribution is 6.10. The molecule has 0 radical (unpaired) electrons. The van der Waals surface area contributed by atoms with Crippen molar-refractivity contribution in [1.29, 1.82) is 0 Å². The second kappa shape index (κ2) is 5.68. The first-order chi connectivity index (χ1) is 10.9. The van der Waals surface area contributed by atoms with Gasteiger partial charge in [0.25, 0.3) is 5.91 Å². The summed E-state index contributed by atoms with van der Waals surface area (Å²) in [6.45, 7) is 3.61. The predicted molar refractivity (Wildman–Crippen MR) is 82.7 cm³/mol. The Kier molecular flexibility index (Phi) is 3.83. The van der Waals surface area contributed by atoms with E-state index in [-0.39, 0.29) is 18.5 Å². The third-order valence-corrected chi connectivity index (χ3v) is 4.43. The lowest BCUT2D eigenvalue weighted by molar-refractivity contribution is -0.133. The Hall–Kier alpha value is -2.38. The molecule has 23 heavy (non-hydrogen) atoms. The number of nitrogens with zero attached hydrogens (tertiary/aromatic N) is 3. The van der Waals surface area contributed by atoms with Crippen molar-refractivity contribution in [2.45, 2.75) is 51.1 Å². The summed E-state index contributed by atoms with van der Waals surface area (Å²) in [4.78, 5) is 37.8. The molecule has 8 heteroatoms. The smallest absolute Gasteiger partial charge is 0.323 e. The Labute approximate surface area is 134 Å². The van der Waals surface area contributed by atoms with Crippen LogP contribution in [0.15, 0.2) is 12.3 Å². The molecular formula is C15H21N5O3. The summed E-state index contributed by atoms with van der Waals surface area (Å²) in [5.41, 5.74) is -0.781. The minimum atomic E-state index is -0.781. The van der Waals surface area contributed by atoms with Gasteiger partial charge in [0.05, 0.1) is 6.20 Å². The first kappa shape index (κ1) is 15.5. The number of carbonyl (C=O) groups is 3. The summed E-state index contributed by atoms with van der Waals surface area (Å²) in [5.74, 6) is -0.147. The van der Waals surface area contributed by atoms with Crippen molar-refractivity contribution in [3.63, 3.8) is 0 Å². The Morgan fingerprint density at radius 1 is 1.39 bits per heavy atom. The molecule has 2 fully saturated rings. The van der Waals surface area contributed by atoms with Crippen LogP contribution >= 0.6 is 0 Å². The lowest BCUT2D eigenvalue weighted by Crippen LogP contribution is -2.44. The minimum Gasteiger partial charge on any atom is -0.323 e. The first-order valence-electron chi connectivity index (χ1n) is 7.90. The summed E-state index contributed by atoms with van der Waals surface area (Å²) >= 11 is 0. The van der Waals surface area contributed by atoms with Gasteiger partial charge < -0.3 is 10.6 Å². The number of imide groups is 1. The van der Waals surface area contributed by atoms with Crippen LogP contribution in [0.25, 0.3) is 0 Å². The van der Waals surface area contributed by atoms with Gasteiger partial charge in [-0.2, -0.15) is 5.10 Å². The van der Waals surface area contributed by atoms with Crippen molar-refractivity contribution in [1.82, 2.24) is 20.0 Å². The predicted octanol–water partition coefficient (Wildman–Crippen LogP) is 1.27. The van der Waals surface area contributed by atoms with Gasteiger partial charge in [0.1, 0.15) is 17.9 Å². The van der Waals surface area contributed by atoms with E-state index >= 15 is 0 Å². The molecule has 1 aliphatic heterocycles. The molecule has 124 valence electrons. The molecule has 4 amide bonds. The quantitative estimate of drug-likeness (QED) is 0.817. The van der Waals surface area contributed by atoms with Crippen molar-refractivity contribution >= 4 is 23.7 Å². The fourth-order valence-corrected chi connectivity index (χ4v) is 3.29. The zero-order chi connectivity index (χ0) is 16.6. The lowest BCUT2D eigenvalue weighted by Gasteiger charge is -2.20. The molecule has 3 rings (SSSR count). The maximum Gasteiger partial charge on any atom is 0.325 e. The van der Waals surface area contributed by atoms with E-state index in [9.17, 15) is 14.4 Å². The molecule has 0 unspecified atom stereocenters. The van der Waals surface area contributed by atoms with Gasteiger partial charge in [-0.1, -0.05) is 12.8 Å². The molecule has 1 aliphatic carbocycles. The van der Waals surface area contributed by atoms with Gasteiger partial charge in [0.2, 0.25) is 5.91 Å². The van der Waals surface area contributed by atoms with Crippen molar-refractivity contribution in [3.8, 4) is 0 Å². The third-order valence-electron chi connectivity index (χ3n) is 4.43. The van der Waals surface area contributed by atoms with E-state index in [0.717, 1.165) is 17.7 Å². The van der Waals surface area contributed by atoms with Gasteiger partial charge >= 0.3 is 6.03 Å². The molecule has 1 saturated heterocycles. The van der Waals surface area contributed by atoms with Gasteiger partial charge in [0.15, 0.2) is 0 Å². The molecule has 0 atom stereocenters. The average Bonchev–Trinajstić information content (AvgIpc) is 3.17. The molecule has 1 saturated carbocycles. The fraction of sp³-hybridized carbons (Fsp3) is 0.600. The molecule has 1 spiro atoms. The molecule has 2 N–H and O–H groups in total. The monoisotopic (exact) mass is 319 g/mol. The number of hydrogen-bond donors (Lipinski definition) is 2. The molecule has 8 nitrogen and oxygen atoms in total. The molecule has 1 aromatic heterocycles. The Morgan fingerprint density at radius 3 is 2.74 bits per heavy atom. The van der Waals surface area contributed by atoms with E-state index in [1.807, 2.05) is 13.8 Å². The number of urea groups is 1. The summed E-state index contributed by atoms with van der Waals surface area (Å²) in [5, 5.41) is 9.60. The topological polar surface area (TPSA) is 96.3 Å². The third kappa shape index (κ3) is 2.69. The Balaban J connectivity index is 1.67. The molecule has 2 aliphatic rings. The van der Waals surface area contributed by atoms with Crippen LogP contribution < -0.4 is 10.6 Å². The van der Waals surface area contributed by atoms with Crippen LogP contribution in [0.5, 0.6) is 0 Å². The summed E-state index contributed by atoms with van der Waals surface area (Å²) in [6.07, 6.45) is 4.72. The van der Waals surface area contributed by atoms with Crippen LogP contribution in [-0.2, 0) is 9.59 Å². The van der Waals surface area contributed by atoms with Gasteiger partial charge in [-0.15, -0.1) is 0 Å². The second-order valence-electron chi connectivity index (χ2n) is 6.41. The van der Waals surface area contributed by atoms with Crippen molar-refractivity contribution in [2.75, 3.05) is 11.9 Å². The van der Waals surface area contributed by atoms with Gasteiger partial charge in [-0.25, -0.2) is 9.48 Å². The number of carbonyl (C=O) groups excluding carboxylic acids is 3. The van der Waals surface area contributed by atoms with Gasteiger partial charge in [0, 0.05) is 12.1 Å². The summed E-state index contributed by atoms with van der Waals surface area (Å²) in [7, 11) is 0. The zero-order valence-corrected chi connectivity index (χ0v) is 13.3. The maximum atomic E-state index is 12.5.